The Balaban J connectivity index is 2.48. The van der Waals surface area contributed by atoms with E-state index in [4.69, 9.17) is 11.1 Å². The Labute approximate surface area is 95.6 Å². The van der Waals surface area contributed by atoms with Gasteiger partial charge in [-0.15, -0.1) is 0 Å². The summed E-state index contributed by atoms with van der Waals surface area (Å²) in [6, 6.07) is 6.45. The van der Waals surface area contributed by atoms with Crippen molar-refractivity contribution in [2.45, 2.75) is 13.5 Å². The molecule has 0 aliphatic heterocycles. The number of amidine groups is 1. The van der Waals surface area contributed by atoms with E-state index in [2.05, 4.69) is 4.90 Å². The summed E-state index contributed by atoms with van der Waals surface area (Å²) < 4.78 is 12.7. The summed E-state index contributed by atoms with van der Waals surface area (Å²) in [7, 11) is 1.96. The van der Waals surface area contributed by atoms with Crippen LogP contribution in [0.4, 0.5) is 4.39 Å². The van der Waals surface area contributed by atoms with E-state index >= 15 is 0 Å². The summed E-state index contributed by atoms with van der Waals surface area (Å²) in [5.74, 6) is 0.0277. The number of nitrogens with zero attached hydrogens (tertiary/aromatic N) is 1. The Kier molecular flexibility index (Phi) is 4.43. The minimum Gasteiger partial charge on any atom is -0.387 e. The van der Waals surface area contributed by atoms with Gasteiger partial charge in [0, 0.05) is 19.0 Å². The highest BCUT2D eigenvalue weighted by molar-refractivity contribution is 5.79. The van der Waals surface area contributed by atoms with E-state index in [1.54, 1.807) is 12.1 Å². The first-order chi connectivity index (χ1) is 7.49. The van der Waals surface area contributed by atoms with E-state index in [-0.39, 0.29) is 17.6 Å². The van der Waals surface area contributed by atoms with Crippen LogP contribution in [-0.2, 0) is 6.54 Å². The predicted molar refractivity (Wildman–Crippen MR) is 63.8 cm³/mol. The second kappa shape index (κ2) is 5.61. The van der Waals surface area contributed by atoms with Crippen molar-refractivity contribution in [3.8, 4) is 0 Å². The van der Waals surface area contributed by atoms with Crippen LogP contribution in [0.15, 0.2) is 24.3 Å². The highest BCUT2D eigenvalue weighted by Crippen LogP contribution is 2.07. The molecule has 1 unspecified atom stereocenters. The monoisotopic (exact) mass is 223 g/mol. The third kappa shape index (κ3) is 3.98. The van der Waals surface area contributed by atoms with Crippen LogP contribution in [0.1, 0.15) is 12.5 Å². The smallest absolute Gasteiger partial charge is 0.123 e. The second-order valence-corrected chi connectivity index (χ2v) is 4.18. The van der Waals surface area contributed by atoms with Gasteiger partial charge in [0.25, 0.3) is 0 Å². The Morgan fingerprint density at radius 1 is 1.44 bits per heavy atom. The van der Waals surface area contributed by atoms with Gasteiger partial charge in [0.1, 0.15) is 5.82 Å². The molecular weight excluding hydrogens is 205 g/mol. The predicted octanol–water partition coefficient (Wildman–Crippen LogP) is 1.83. The fourth-order valence-corrected chi connectivity index (χ4v) is 1.53. The molecule has 1 atom stereocenters. The van der Waals surface area contributed by atoms with E-state index in [1.165, 1.54) is 12.1 Å². The van der Waals surface area contributed by atoms with E-state index in [9.17, 15) is 4.39 Å². The molecule has 0 spiro atoms. The summed E-state index contributed by atoms with van der Waals surface area (Å²) in [5.41, 5.74) is 6.46. The van der Waals surface area contributed by atoms with Crippen LogP contribution in [0.2, 0.25) is 0 Å². The molecule has 0 radical (unpaired) electrons. The molecule has 0 fully saturated rings. The Bertz CT molecular complexity index is 348. The molecule has 0 aliphatic rings. The van der Waals surface area contributed by atoms with Gasteiger partial charge in [0.2, 0.25) is 0 Å². The largest absolute Gasteiger partial charge is 0.387 e. The first-order valence-electron chi connectivity index (χ1n) is 5.26. The standard InChI is InChI=1S/C12H18FN3/c1-9(12(14)15)7-16(2)8-10-3-5-11(13)6-4-10/h3-6,9H,7-8H2,1-2H3,(H3,14,15). The molecule has 88 valence electrons. The molecule has 0 saturated heterocycles. The van der Waals surface area contributed by atoms with Crippen molar-refractivity contribution < 1.29 is 4.39 Å². The summed E-state index contributed by atoms with van der Waals surface area (Å²) in [6.07, 6.45) is 0. The van der Waals surface area contributed by atoms with Gasteiger partial charge in [-0.3, -0.25) is 5.41 Å². The lowest BCUT2D eigenvalue weighted by Crippen LogP contribution is -2.31. The summed E-state index contributed by atoms with van der Waals surface area (Å²) in [6.45, 7) is 3.38. The zero-order chi connectivity index (χ0) is 12.1. The molecule has 1 rings (SSSR count). The van der Waals surface area contributed by atoms with Crippen LogP contribution in [-0.4, -0.2) is 24.3 Å². The van der Waals surface area contributed by atoms with Crippen molar-refractivity contribution in [1.29, 1.82) is 5.41 Å². The lowest BCUT2D eigenvalue weighted by Gasteiger charge is -2.20. The number of hydrogen-bond acceptors (Lipinski definition) is 2. The number of benzene rings is 1. The van der Waals surface area contributed by atoms with Crippen LogP contribution >= 0.6 is 0 Å². The average Bonchev–Trinajstić information content (AvgIpc) is 2.21. The minimum atomic E-state index is -0.219. The maximum Gasteiger partial charge on any atom is 0.123 e. The van der Waals surface area contributed by atoms with Crippen molar-refractivity contribution in [3.05, 3.63) is 35.6 Å². The van der Waals surface area contributed by atoms with Gasteiger partial charge >= 0.3 is 0 Å². The number of halogens is 1. The molecule has 0 aromatic heterocycles. The Hall–Kier alpha value is -1.42. The van der Waals surface area contributed by atoms with Crippen LogP contribution in [0.25, 0.3) is 0 Å². The summed E-state index contributed by atoms with van der Waals surface area (Å²) in [5, 5.41) is 7.30. The Morgan fingerprint density at radius 3 is 2.50 bits per heavy atom. The van der Waals surface area contributed by atoms with Crippen molar-refractivity contribution in [2.24, 2.45) is 11.7 Å². The molecule has 3 N–H and O–H groups in total. The number of rotatable bonds is 5. The highest BCUT2D eigenvalue weighted by Gasteiger charge is 2.09. The number of nitrogens with two attached hydrogens (primary N) is 1. The normalized spacial score (nSPS) is 12.8. The van der Waals surface area contributed by atoms with Crippen LogP contribution in [0, 0.1) is 17.1 Å². The molecule has 16 heavy (non-hydrogen) atoms. The topological polar surface area (TPSA) is 53.1 Å². The first kappa shape index (κ1) is 12.6. The van der Waals surface area contributed by atoms with Crippen molar-refractivity contribution in [1.82, 2.24) is 4.90 Å². The second-order valence-electron chi connectivity index (χ2n) is 4.18. The average molecular weight is 223 g/mol. The van der Waals surface area contributed by atoms with Gasteiger partial charge in [0.05, 0.1) is 5.84 Å². The molecule has 1 aromatic carbocycles. The quantitative estimate of drug-likeness (QED) is 0.591. The van der Waals surface area contributed by atoms with E-state index < -0.39 is 0 Å². The Morgan fingerprint density at radius 2 is 2.00 bits per heavy atom. The lowest BCUT2D eigenvalue weighted by molar-refractivity contribution is 0.306. The van der Waals surface area contributed by atoms with Gasteiger partial charge < -0.3 is 10.6 Å². The third-order valence-electron chi connectivity index (χ3n) is 2.48. The van der Waals surface area contributed by atoms with Crippen LogP contribution in [0.5, 0.6) is 0 Å². The van der Waals surface area contributed by atoms with Crippen molar-refractivity contribution in [3.63, 3.8) is 0 Å². The van der Waals surface area contributed by atoms with Gasteiger partial charge in [0.15, 0.2) is 0 Å². The molecule has 0 bridgehead atoms. The molecular formula is C12H18FN3. The summed E-state index contributed by atoms with van der Waals surface area (Å²) in [4.78, 5) is 2.07. The molecule has 0 heterocycles. The minimum absolute atomic E-state index is 0.0467. The SMILES string of the molecule is CC(CN(C)Cc1ccc(F)cc1)C(=N)N. The highest BCUT2D eigenvalue weighted by atomic mass is 19.1. The maximum atomic E-state index is 12.7. The molecule has 0 saturated carbocycles. The molecule has 0 amide bonds. The van der Waals surface area contributed by atoms with Gasteiger partial charge in [-0.2, -0.15) is 0 Å². The molecule has 3 nitrogen and oxygen atoms in total. The van der Waals surface area contributed by atoms with Gasteiger partial charge in [-0.25, -0.2) is 4.39 Å². The van der Waals surface area contributed by atoms with Crippen molar-refractivity contribution in [2.75, 3.05) is 13.6 Å². The van der Waals surface area contributed by atoms with Crippen molar-refractivity contribution >= 4 is 5.84 Å². The van der Waals surface area contributed by atoms with Gasteiger partial charge in [-0.05, 0) is 24.7 Å². The molecule has 0 aliphatic carbocycles. The summed E-state index contributed by atoms with van der Waals surface area (Å²) >= 11 is 0. The number of hydrogen-bond donors (Lipinski definition) is 2. The van der Waals surface area contributed by atoms with E-state index in [0.29, 0.717) is 0 Å². The van der Waals surface area contributed by atoms with E-state index in [1.807, 2.05) is 14.0 Å². The zero-order valence-electron chi connectivity index (χ0n) is 9.70. The lowest BCUT2D eigenvalue weighted by atomic mass is 10.1. The molecule has 4 heteroatoms. The maximum absolute atomic E-state index is 12.7. The first-order valence-corrected chi connectivity index (χ1v) is 5.26. The van der Waals surface area contributed by atoms with Gasteiger partial charge in [-0.1, -0.05) is 19.1 Å². The van der Waals surface area contributed by atoms with Crippen LogP contribution in [0.3, 0.4) is 0 Å². The third-order valence-corrected chi connectivity index (χ3v) is 2.48. The number of nitrogens with one attached hydrogen (secondary N) is 1. The van der Waals surface area contributed by atoms with E-state index in [0.717, 1.165) is 18.7 Å². The zero-order valence-corrected chi connectivity index (χ0v) is 9.70. The fourth-order valence-electron chi connectivity index (χ4n) is 1.53. The molecule has 1 aromatic rings. The van der Waals surface area contributed by atoms with Crippen LogP contribution < -0.4 is 5.73 Å². The fraction of sp³-hybridized carbons (Fsp3) is 0.417.